The van der Waals surface area contributed by atoms with Crippen LogP contribution in [0.4, 0.5) is 0 Å². The molecule has 0 amide bonds. The van der Waals surface area contributed by atoms with Gasteiger partial charge in [0.1, 0.15) is 23.8 Å². The zero-order valence-electron chi connectivity index (χ0n) is 13.9. The minimum atomic E-state index is -0.734. The summed E-state index contributed by atoms with van der Waals surface area (Å²) in [6, 6.07) is 14.8. The Balaban J connectivity index is 2.36. The fourth-order valence-electron chi connectivity index (χ4n) is 2.05. The molecule has 0 saturated heterocycles. The third kappa shape index (κ3) is 5.02. The van der Waals surface area contributed by atoms with Crippen molar-refractivity contribution in [1.82, 2.24) is 0 Å². The van der Waals surface area contributed by atoms with Crippen molar-refractivity contribution in [3.05, 3.63) is 75.8 Å². The number of benzene rings is 2. The van der Waals surface area contributed by atoms with Gasteiger partial charge in [-0.2, -0.15) is 0 Å². The van der Waals surface area contributed by atoms with Gasteiger partial charge in [-0.25, -0.2) is 4.79 Å². The van der Waals surface area contributed by atoms with Gasteiger partial charge in [0.05, 0.1) is 14.2 Å². The van der Waals surface area contributed by atoms with Gasteiger partial charge >= 0.3 is 5.97 Å². The standard InChI is InChI=1S/C18H17N3O4/c1-23-15-9-8-14(10-16(20-21-19)18(22)24-2)17(11-15)25-12-13-6-4-3-5-7-13/h3-11H,12H2,1-2H3/b16-10-. The van der Waals surface area contributed by atoms with Gasteiger partial charge in [-0.1, -0.05) is 35.4 Å². The Morgan fingerprint density at radius 1 is 1.20 bits per heavy atom. The summed E-state index contributed by atoms with van der Waals surface area (Å²) in [5, 5.41) is 3.37. The number of hydrogen-bond donors (Lipinski definition) is 0. The summed E-state index contributed by atoms with van der Waals surface area (Å²) in [6.45, 7) is 0.337. The summed E-state index contributed by atoms with van der Waals surface area (Å²) in [6.07, 6.45) is 1.41. The molecule has 0 bridgehead atoms. The average Bonchev–Trinajstić information content (AvgIpc) is 2.66. The third-order valence-electron chi connectivity index (χ3n) is 3.30. The van der Waals surface area contributed by atoms with Gasteiger partial charge in [-0.3, -0.25) is 0 Å². The van der Waals surface area contributed by atoms with Crippen molar-refractivity contribution in [3.63, 3.8) is 0 Å². The minimum absolute atomic E-state index is 0.167. The Kier molecular flexibility index (Phi) is 6.45. The van der Waals surface area contributed by atoms with E-state index in [1.807, 2.05) is 30.3 Å². The molecule has 0 unspecified atom stereocenters. The molecule has 2 aromatic rings. The van der Waals surface area contributed by atoms with E-state index >= 15 is 0 Å². The summed E-state index contributed by atoms with van der Waals surface area (Å²) < 4.78 is 15.7. The molecule has 0 aliphatic heterocycles. The van der Waals surface area contributed by atoms with Crippen molar-refractivity contribution < 1.29 is 19.0 Å². The molecule has 7 heteroatoms. The molecule has 0 heterocycles. The predicted molar refractivity (Wildman–Crippen MR) is 92.9 cm³/mol. The molecule has 2 aromatic carbocycles. The minimum Gasteiger partial charge on any atom is -0.497 e. The van der Waals surface area contributed by atoms with Gasteiger partial charge in [-0.05, 0) is 29.3 Å². The summed E-state index contributed by atoms with van der Waals surface area (Å²) in [5.74, 6) is 0.351. The number of rotatable bonds is 7. The second-order valence-electron chi connectivity index (χ2n) is 4.89. The van der Waals surface area contributed by atoms with Crippen LogP contribution in [0.5, 0.6) is 11.5 Å². The maximum absolute atomic E-state index is 11.7. The highest BCUT2D eigenvalue weighted by Crippen LogP contribution is 2.28. The van der Waals surface area contributed by atoms with Crippen LogP contribution in [0.2, 0.25) is 0 Å². The maximum atomic E-state index is 11.7. The number of methoxy groups -OCH3 is 2. The Hall–Kier alpha value is -3.44. The van der Waals surface area contributed by atoms with Crippen molar-refractivity contribution in [2.45, 2.75) is 6.61 Å². The lowest BCUT2D eigenvalue weighted by Crippen LogP contribution is -2.03. The van der Waals surface area contributed by atoms with Crippen molar-refractivity contribution in [2.75, 3.05) is 14.2 Å². The first-order valence-electron chi connectivity index (χ1n) is 7.37. The van der Waals surface area contributed by atoms with Gasteiger partial charge in [0.25, 0.3) is 0 Å². The van der Waals surface area contributed by atoms with Crippen molar-refractivity contribution in [3.8, 4) is 11.5 Å². The smallest absolute Gasteiger partial charge is 0.340 e. The van der Waals surface area contributed by atoms with E-state index in [0.717, 1.165) is 5.56 Å². The van der Waals surface area contributed by atoms with Gasteiger partial charge in [0, 0.05) is 16.5 Å². The monoisotopic (exact) mass is 339 g/mol. The maximum Gasteiger partial charge on any atom is 0.340 e. The van der Waals surface area contributed by atoms with E-state index in [4.69, 9.17) is 15.0 Å². The third-order valence-corrected chi connectivity index (χ3v) is 3.30. The highest BCUT2D eigenvalue weighted by atomic mass is 16.5. The van der Waals surface area contributed by atoms with Crippen molar-refractivity contribution in [2.24, 2.45) is 5.11 Å². The fourth-order valence-corrected chi connectivity index (χ4v) is 2.05. The van der Waals surface area contributed by atoms with Gasteiger partial charge in [-0.15, -0.1) is 0 Å². The second-order valence-corrected chi connectivity index (χ2v) is 4.89. The molecule has 0 radical (unpaired) electrons. The number of carbonyl (C=O) groups is 1. The highest BCUT2D eigenvalue weighted by Gasteiger charge is 2.11. The second kappa shape index (κ2) is 9.00. The Morgan fingerprint density at radius 3 is 2.60 bits per heavy atom. The van der Waals surface area contributed by atoms with Gasteiger partial charge in [0.2, 0.25) is 0 Å². The van der Waals surface area contributed by atoms with E-state index in [-0.39, 0.29) is 5.70 Å². The molecule has 0 fully saturated rings. The molecule has 0 aliphatic rings. The van der Waals surface area contributed by atoms with E-state index < -0.39 is 5.97 Å². The number of esters is 1. The first-order chi connectivity index (χ1) is 12.2. The molecule has 7 nitrogen and oxygen atoms in total. The molecule has 0 aliphatic carbocycles. The molecule has 0 spiro atoms. The number of hydrogen-bond acceptors (Lipinski definition) is 5. The van der Waals surface area contributed by atoms with Crippen LogP contribution in [0.3, 0.4) is 0 Å². The van der Waals surface area contributed by atoms with Crippen LogP contribution in [0, 0.1) is 0 Å². The van der Waals surface area contributed by atoms with Crippen molar-refractivity contribution in [1.29, 1.82) is 0 Å². The lowest BCUT2D eigenvalue weighted by atomic mass is 10.1. The summed E-state index contributed by atoms with van der Waals surface area (Å²) in [5.41, 5.74) is 10.0. The number of ether oxygens (including phenoxy) is 3. The topological polar surface area (TPSA) is 93.5 Å². The summed E-state index contributed by atoms with van der Waals surface area (Å²) >= 11 is 0. The molecule has 0 N–H and O–H groups in total. The number of azide groups is 1. The Labute approximate surface area is 145 Å². The Bertz CT molecular complexity index is 812. The molecule has 25 heavy (non-hydrogen) atoms. The molecule has 128 valence electrons. The number of carbonyl (C=O) groups excluding carboxylic acids is 1. The van der Waals surface area contributed by atoms with E-state index in [2.05, 4.69) is 14.8 Å². The first kappa shape index (κ1) is 17.9. The molecule has 0 saturated carbocycles. The molecular formula is C18H17N3O4. The van der Waals surface area contributed by atoms with Crippen LogP contribution in [0.25, 0.3) is 16.5 Å². The molecule has 2 rings (SSSR count). The van der Waals surface area contributed by atoms with E-state index in [1.165, 1.54) is 13.2 Å². The lowest BCUT2D eigenvalue weighted by molar-refractivity contribution is -0.136. The zero-order chi connectivity index (χ0) is 18.1. The van der Waals surface area contributed by atoms with Crippen LogP contribution in [0.1, 0.15) is 11.1 Å². The normalized spacial score (nSPS) is 10.6. The summed E-state index contributed by atoms with van der Waals surface area (Å²) in [7, 11) is 2.76. The van der Waals surface area contributed by atoms with Crippen LogP contribution >= 0.6 is 0 Å². The zero-order valence-corrected chi connectivity index (χ0v) is 13.9. The average molecular weight is 339 g/mol. The van der Waals surface area contributed by atoms with Crippen LogP contribution in [0.15, 0.2) is 59.3 Å². The SMILES string of the molecule is COC(=O)/C(=C/c1ccc(OC)cc1OCc1ccccc1)N=[N+]=[N-]. The summed E-state index contributed by atoms with van der Waals surface area (Å²) in [4.78, 5) is 14.3. The van der Waals surface area contributed by atoms with Crippen molar-refractivity contribution >= 4 is 12.0 Å². The molecule has 0 aromatic heterocycles. The largest absolute Gasteiger partial charge is 0.497 e. The van der Waals surface area contributed by atoms with Crippen LogP contribution in [-0.4, -0.2) is 20.2 Å². The van der Waals surface area contributed by atoms with Gasteiger partial charge in [0.15, 0.2) is 0 Å². The predicted octanol–water partition coefficient (Wildman–Crippen LogP) is 4.10. The number of nitrogens with zero attached hydrogens (tertiary/aromatic N) is 3. The van der Waals surface area contributed by atoms with Crippen LogP contribution in [-0.2, 0) is 16.1 Å². The van der Waals surface area contributed by atoms with E-state index in [1.54, 1.807) is 25.3 Å². The Morgan fingerprint density at radius 2 is 1.96 bits per heavy atom. The quantitative estimate of drug-likeness (QED) is 0.249. The van der Waals surface area contributed by atoms with E-state index in [9.17, 15) is 4.79 Å². The molecular weight excluding hydrogens is 322 g/mol. The lowest BCUT2D eigenvalue weighted by Gasteiger charge is -2.12. The highest BCUT2D eigenvalue weighted by molar-refractivity contribution is 5.93. The molecule has 0 atom stereocenters. The van der Waals surface area contributed by atoms with Gasteiger partial charge < -0.3 is 14.2 Å². The fraction of sp³-hybridized carbons (Fsp3) is 0.167. The van der Waals surface area contributed by atoms with Crippen LogP contribution < -0.4 is 9.47 Å². The van der Waals surface area contributed by atoms with E-state index in [0.29, 0.717) is 23.7 Å². The first-order valence-corrected chi connectivity index (χ1v) is 7.37.